The smallest absolute Gasteiger partial charge is 0.416 e. The normalized spacial score (nSPS) is 13.2. The molecule has 0 saturated heterocycles. The van der Waals surface area contributed by atoms with Crippen LogP contribution >= 0.6 is 11.6 Å². The van der Waals surface area contributed by atoms with Gasteiger partial charge in [0.2, 0.25) is 5.95 Å². The van der Waals surface area contributed by atoms with Crippen molar-refractivity contribution < 1.29 is 27.5 Å². The molecule has 0 aliphatic carbocycles. The molecule has 3 aromatic rings. The fourth-order valence-corrected chi connectivity index (χ4v) is 4.40. The molecule has 2 aromatic carbocycles. The number of nitrogens with zero attached hydrogens (tertiary/aromatic N) is 4. The minimum atomic E-state index is -4.46. The number of carbonyl (C=O) groups excluding carboxylic acids is 1. The topological polar surface area (TPSA) is 76.9 Å². The first kappa shape index (κ1) is 26.3. The Morgan fingerprint density at radius 3 is 2.46 bits per heavy atom. The molecule has 37 heavy (non-hydrogen) atoms. The summed E-state index contributed by atoms with van der Waals surface area (Å²) in [7, 11) is 2.73. The summed E-state index contributed by atoms with van der Waals surface area (Å²) in [5.74, 6) is 0.125. The van der Waals surface area contributed by atoms with E-state index in [0.717, 1.165) is 16.9 Å². The van der Waals surface area contributed by atoms with E-state index in [0.29, 0.717) is 52.8 Å². The second kappa shape index (κ2) is 10.3. The van der Waals surface area contributed by atoms with Gasteiger partial charge in [-0.05, 0) is 49.4 Å². The minimum Gasteiger partial charge on any atom is -0.496 e. The number of methoxy groups -OCH3 is 1. The van der Waals surface area contributed by atoms with Crippen LogP contribution in [0, 0.1) is 0 Å². The molecule has 196 valence electrons. The average molecular weight is 537 g/mol. The Kier molecular flexibility index (Phi) is 7.35. The van der Waals surface area contributed by atoms with Crippen molar-refractivity contribution in [2.24, 2.45) is 0 Å². The second-order valence-corrected chi connectivity index (χ2v) is 8.67. The van der Waals surface area contributed by atoms with Gasteiger partial charge in [0, 0.05) is 30.2 Å². The number of benzene rings is 2. The van der Waals surface area contributed by atoms with E-state index in [1.165, 1.54) is 31.3 Å². The Hall–Kier alpha value is -3.73. The predicted octanol–water partition coefficient (Wildman–Crippen LogP) is 4.34. The molecule has 0 fully saturated rings. The Morgan fingerprint density at radius 2 is 1.86 bits per heavy atom. The third-order valence-corrected chi connectivity index (χ3v) is 6.34. The quantitative estimate of drug-likeness (QED) is 0.466. The molecule has 8 nitrogen and oxygen atoms in total. The fraction of sp³-hybridized carbons (Fsp3) is 0.320. The summed E-state index contributed by atoms with van der Waals surface area (Å²) in [6.45, 7) is 2.39. The van der Waals surface area contributed by atoms with Gasteiger partial charge < -0.3 is 19.4 Å². The lowest BCUT2D eigenvalue weighted by Gasteiger charge is -2.31. The summed E-state index contributed by atoms with van der Waals surface area (Å²) in [5, 5.41) is 0.422. The molecule has 0 radical (unpaired) electrons. The summed E-state index contributed by atoms with van der Waals surface area (Å²) in [4.78, 5) is 39.7. The van der Waals surface area contributed by atoms with Crippen LogP contribution in [0.15, 0.2) is 47.3 Å². The Morgan fingerprint density at radius 1 is 1.16 bits per heavy atom. The number of halogens is 4. The molecule has 1 amide bonds. The highest BCUT2D eigenvalue weighted by atomic mass is 35.5. The molecular formula is C25H24ClF3N4O4. The van der Waals surface area contributed by atoms with Crippen LogP contribution < -0.4 is 20.0 Å². The van der Waals surface area contributed by atoms with Gasteiger partial charge in [0.25, 0.3) is 11.5 Å². The number of anilines is 2. The third-order valence-electron chi connectivity index (χ3n) is 6.10. The van der Waals surface area contributed by atoms with Crippen LogP contribution in [0.5, 0.6) is 5.75 Å². The molecule has 0 spiro atoms. The number of ether oxygens (including phenoxy) is 1. The molecule has 0 saturated carbocycles. The highest BCUT2D eigenvalue weighted by Crippen LogP contribution is 2.32. The van der Waals surface area contributed by atoms with Crippen molar-refractivity contribution in [3.63, 3.8) is 0 Å². The van der Waals surface area contributed by atoms with E-state index in [4.69, 9.17) is 21.2 Å². The van der Waals surface area contributed by atoms with E-state index >= 15 is 0 Å². The summed E-state index contributed by atoms with van der Waals surface area (Å²) < 4.78 is 45.3. The lowest BCUT2D eigenvalue weighted by molar-refractivity contribution is -0.137. The Balaban J connectivity index is 1.69. The average Bonchev–Trinajstić information content (AvgIpc) is 2.88. The van der Waals surface area contributed by atoms with Gasteiger partial charge in [0.15, 0.2) is 0 Å². The molecule has 1 aliphatic rings. The first-order valence-corrected chi connectivity index (χ1v) is 11.7. The minimum absolute atomic E-state index is 0.00181. The first-order chi connectivity index (χ1) is 17.6. The summed E-state index contributed by atoms with van der Waals surface area (Å²) >= 11 is 6.01. The van der Waals surface area contributed by atoms with Crippen molar-refractivity contribution in [1.29, 1.82) is 0 Å². The van der Waals surface area contributed by atoms with E-state index in [-0.39, 0.29) is 18.4 Å². The van der Waals surface area contributed by atoms with Crippen LogP contribution in [0.4, 0.5) is 24.8 Å². The summed E-state index contributed by atoms with van der Waals surface area (Å²) in [5.41, 5.74) is 0.222. The molecule has 1 aliphatic heterocycles. The number of rotatable bonds is 6. The van der Waals surface area contributed by atoms with Crippen LogP contribution in [-0.4, -0.2) is 47.8 Å². The van der Waals surface area contributed by atoms with Gasteiger partial charge >= 0.3 is 6.18 Å². The van der Waals surface area contributed by atoms with Gasteiger partial charge in [0.05, 0.1) is 36.0 Å². The van der Waals surface area contributed by atoms with Crippen molar-refractivity contribution >= 4 is 29.1 Å². The van der Waals surface area contributed by atoms with Crippen LogP contribution in [0.25, 0.3) is 0 Å². The first-order valence-electron chi connectivity index (χ1n) is 11.4. The van der Waals surface area contributed by atoms with Crippen LogP contribution in [0.1, 0.15) is 34.1 Å². The third kappa shape index (κ3) is 5.08. The van der Waals surface area contributed by atoms with E-state index < -0.39 is 17.3 Å². The maximum atomic E-state index is 13.4. The predicted molar refractivity (Wildman–Crippen MR) is 132 cm³/mol. The molecular weight excluding hydrogens is 513 g/mol. The van der Waals surface area contributed by atoms with Crippen LogP contribution in [0.3, 0.4) is 0 Å². The Labute approximate surface area is 215 Å². The zero-order valence-corrected chi connectivity index (χ0v) is 21.1. The number of alkyl halides is 3. The van der Waals surface area contributed by atoms with Gasteiger partial charge in [0.1, 0.15) is 12.9 Å². The number of fused-ring (bicyclic) bond motifs is 1. The van der Waals surface area contributed by atoms with E-state index in [1.54, 1.807) is 30.0 Å². The molecule has 0 bridgehead atoms. The Bertz CT molecular complexity index is 1380. The number of hydrogen-bond donors (Lipinski definition) is 0. The van der Waals surface area contributed by atoms with Crippen molar-refractivity contribution in [2.75, 3.05) is 32.2 Å². The molecule has 0 N–H and O–H groups in total. The van der Waals surface area contributed by atoms with Crippen molar-refractivity contribution in [3.05, 3.63) is 80.2 Å². The van der Waals surface area contributed by atoms with Gasteiger partial charge in [-0.3, -0.25) is 9.59 Å². The number of amides is 1. The van der Waals surface area contributed by atoms with E-state index in [2.05, 4.69) is 4.98 Å². The van der Waals surface area contributed by atoms with Gasteiger partial charge in [-0.15, -0.1) is 4.73 Å². The monoisotopic (exact) mass is 536 g/mol. The number of hydrogen-bond acceptors (Lipinski definition) is 6. The standard InChI is InChI=1S/C25H24ClF3N4O4/c1-4-32(17-8-5-15(6-9-17)25(27,28)29)24-30-20-11-12-31(14-19(20)23(35)33(24)37-3)22(34)18-10-7-16(26)13-21(18)36-2/h5-10,13H,4,11-12,14H2,1-3H3. The molecule has 12 heteroatoms. The summed E-state index contributed by atoms with van der Waals surface area (Å²) in [6, 6.07) is 9.27. The van der Waals surface area contributed by atoms with Gasteiger partial charge in [-0.2, -0.15) is 13.2 Å². The zero-order valence-electron chi connectivity index (χ0n) is 20.3. The maximum absolute atomic E-state index is 13.4. The second-order valence-electron chi connectivity index (χ2n) is 8.23. The molecule has 0 atom stereocenters. The maximum Gasteiger partial charge on any atom is 0.416 e. The largest absolute Gasteiger partial charge is 0.496 e. The number of carbonyl (C=O) groups is 1. The highest BCUT2D eigenvalue weighted by molar-refractivity contribution is 6.30. The lowest BCUT2D eigenvalue weighted by atomic mass is 10.1. The van der Waals surface area contributed by atoms with E-state index in [1.807, 2.05) is 0 Å². The van der Waals surface area contributed by atoms with Gasteiger partial charge in [-0.25, -0.2) is 4.98 Å². The van der Waals surface area contributed by atoms with Crippen LogP contribution in [0.2, 0.25) is 5.02 Å². The van der Waals surface area contributed by atoms with Crippen LogP contribution in [-0.2, 0) is 19.1 Å². The van der Waals surface area contributed by atoms with Gasteiger partial charge in [-0.1, -0.05) is 11.6 Å². The number of aromatic nitrogens is 2. The van der Waals surface area contributed by atoms with Crippen molar-refractivity contribution in [1.82, 2.24) is 14.6 Å². The SMILES string of the molecule is CCN(c1ccc(C(F)(F)F)cc1)c1nc2c(c(=O)n1OC)CN(C(=O)c1ccc(Cl)cc1OC)CC2. The molecule has 2 heterocycles. The van der Waals surface area contributed by atoms with Crippen molar-refractivity contribution in [2.45, 2.75) is 26.1 Å². The summed E-state index contributed by atoms with van der Waals surface area (Å²) in [6.07, 6.45) is -4.16. The molecule has 1 aromatic heterocycles. The highest BCUT2D eigenvalue weighted by Gasteiger charge is 2.32. The lowest BCUT2D eigenvalue weighted by Crippen LogP contribution is -2.43. The zero-order chi connectivity index (χ0) is 26.9. The fourth-order valence-electron chi connectivity index (χ4n) is 4.24. The van der Waals surface area contributed by atoms with Crippen molar-refractivity contribution in [3.8, 4) is 5.75 Å². The van der Waals surface area contributed by atoms with E-state index in [9.17, 15) is 22.8 Å². The molecule has 4 rings (SSSR count). The molecule has 0 unspecified atom stereocenters.